The van der Waals surface area contributed by atoms with Crippen molar-refractivity contribution in [3.63, 3.8) is 0 Å². The number of hydrogen-bond donors (Lipinski definition) is 1. The molecule has 1 aromatic rings. The van der Waals surface area contributed by atoms with Gasteiger partial charge in [-0.1, -0.05) is 11.6 Å². The van der Waals surface area contributed by atoms with Gasteiger partial charge < -0.3 is 5.73 Å². The van der Waals surface area contributed by atoms with Gasteiger partial charge in [0.05, 0.1) is 10.6 Å². The molecule has 2 bridgehead atoms. The Morgan fingerprint density at radius 3 is 2.68 bits per heavy atom. The molecule has 2 nitrogen and oxygen atoms in total. The number of halogens is 3. The highest BCUT2D eigenvalue weighted by atomic mass is 79.9. The Morgan fingerprint density at radius 1 is 1.37 bits per heavy atom. The Balaban J connectivity index is 1.95. The number of rotatable bonds is 2. The molecule has 2 N–H and O–H groups in total. The van der Waals surface area contributed by atoms with E-state index < -0.39 is 5.82 Å². The van der Waals surface area contributed by atoms with Gasteiger partial charge in [-0.25, -0.2) is 4.39 Å². The van der Waals surface area contributed by atoms with Crippen LogP contribution < -0.4 is 5.73 Å². The zero-order valence-corrected chi connectivity index (χ0v) is 12.5. The molecule has 0 amide bonds. The van der Waals surface area contributed by atoms with Gasteiger partial charge in [0.2, 0.25) is 0 Å². The summed E-state index contributed by atoms with van der Waals surface area (Å²) < 4.78 is 14.6. The summed E-state index contributed by atoms with van der Waals surface area (Å²) in [5.74, 6) is -0.338. The first kappa shape index (κ1) is 13.5. The van der Waals surface area contributed by atoms with E-state index >= 15 is 0 Å². The number of carbonyl (C=O) groups excluding carboxylic acids is 1. The molecule has 1 aromatic carbocycles. The van der Waals surface area contributed by atoms with Crippen LogP contribution in [0.5, 0.6) is 0 Å². The highest BCUT2D eigenvalue weighted by Crippen LogP contribution is 2.49. The summed E-state index contributed by atoms with van der Waals surface area (Å²) in [6, 6.07) is 2.97. The smallest absolute Gasteiger partial charge is 0.170 e. The van der Waals surface area contributed by atoms with Gasteiger partial charge in [0.15, 0.2) is 11.6 Å². The SMILES string of the molecule is NC1C2CCC(C2)C1C(=O)c1ccc(Br)c(Cl)c1F. The Bertz CT molecular complexity index is 548. The van der Waals surface area contributed by atoms with Gasteiger partial charge in [-0.05, 0) is 59.2 Å². The molecule has 102 valence electrons. The first-order valence-corrected chi connectivity index (χ1v) is 7.61. The maximum absolute atomic E-state index is 14.1. The molecule has 5 heteroatoms. The average molecular weight is 347 g/mol. The number of Topliss-reactive ketones (excluding diaryl/α,β-unsaturated/α-hetero) is 1. The van der Waals surface area contributed by atoms with Crippen molar-refractivity contribution >= 4 is 33.3 Å². The standard InChI is InChI=1S/C14H14BrClFNO/c15-9-4-3-8(12(17)11(9)16)14(19)10-6-1-2-7(5-6)13(10)18/h3-4,6-7,10,13H,1-2,5,18H2. The molecule has 3 rings (SSSR count). The van der Waals surface area contributed by atoms with Crippen molar-refractivity contribution in [3.8, 4) is 0 Å². The fourth-order valence-corrected chi connectivity index (χ4v) is 4.09. The van der Waals surface area contributed by atoms with Crippen LogP contribution in [-0.2, 0) is 0 Å². The first-order valence-electron chi connectivity index (χ1n) is 6.44. The maximum Gasteiger partial charge on any atom is 0.170 e. The van der Waals surface area contributed by atoms with E-state index in [4.69, 9.17) is 17.3 Å². The van der Waals surface area contributed by atoms with Crippen molar-refractivity contribution in [3.05, 3.63) is 33.0 Å². The molecule has 2 aliphatic rings. The second-order valence-corrected chi connectivity index (χ2v) is 6.76. The van der Waals surface area contributed by atoms with E-state index in [1.807, 2.05) is 0 Å². The molecule has 4 atom stereocenters. The number of ketones is 1. The molecule has 2 saturated carbocycles. The summed E-state index contributed by atoms with van der Waals surface area (Å²) in [5.41, 5.74) is 6.21. The number of fused-ring (bicyclic) bond motifs is 2. The third-order valence-corrected chi connectivity index (χ3v) is 5.84. The Morgan fingerprint density at radius 2 is 2.05 bits per heavy atom. The van der Waals surface area contributed by atoms with Crippen molar-refractivity contribution < 1.29 is 9.18 Å². The number of benzene rings is 1. The Hall–Kier alpha value is -0.450. The van der Waals surface area contributed by atoms with Crippen LogP contribution in [0.15, 0.2) is 16.6 Å². The summed E-state index contributed by atoms with van der Waals surface area (Å²) in [5, 5.41) is -0.0393. The van der Waals surface area contributed by atoms with Gasteiger partial charge in [-0.15, -0.1) is 0 Å². The lowest BCUT2D eigenvalue weighted by molar-refractivity contribution is 0.0852. The third kappa shape index (κ3) is 2.05. The molecule has 19 heavy (non-hydrogen) atoms. The van der Waals surface area contributed by atoms with E-state index in [0.717, 1.165) is 19.3 Å². The molecular formula is C14H14BrClFNO. The van der Waals surface area contributed by atoms with Crippen molar-refractivity contribution in [2.24, 2.45) is 23.5 Å². The lowest BCUT2D eigenvalue weighted by Gasteiger charge is -2.27. The Kier molecular flexibility index (Phi) is 3.44. The van der Waals surface area contributed by atoms with Crippen LogP contribution >= 0.6 is 27.5 Å². The number of hydrogen-bond acceptors (Lipinski definition) is 2. The van der Waals surface area contributed by atoms with Crippen LogP contribution in [0.1, 0.15) is 29.6 Å². The second kappa shape index (κ2) is 4.83. The topological polar surface area (TPSA) is 43.1 Å². The molecule has 0 radical (unpaired) electrons. The molecular weight excluding hydrogens is 333 g/mol. The Labute approximate surface area is 124 Å². The van der Waals surface area contributed by atoms with E-state index in [0.29, 0.717) is 16.3 Å². The van der Waals surface area contributed by atoms with Crippen LogP contribution in [0.25, 0.3) is 0 Å². The second-order valence-electron chi connectivity index (χ2n) is 5.52. The fraction of sp³-hybridized carbons (Fsp3) is 0.500. The van der Waals surface area contributed by atoms with Gasteiger partial charge in [-0.3, -0.25) is 4.79 Å². The quantitative estimate of drug-likeness (QED) is 0.654. The van der Waals surface area contributed by atoms with Crippen molar-refractivity contribution in [1.29, 1.82) is 0 Å². The monoisotopic (exact) mass is 345 g/mol. The number of nitrogens with two attached hydrogens (primary N) is 1. The van der Waals surface area contributed by atoms with E-state index in [9.17, 15) is 9.18 Å². The van der Waals surface area contributed by atoms with E-state index in [1.54, 1.807) is 6.07 Å². The molecule has 0 aromatic heterocycles. The van der Waals surface area contributed by atoms with Crippen molar-refractivity contribution in [2.75, 3.05) is 0 Å². The van der Waals surface area contributed by atoms with Crippen LogP contribution in [0.4, 0.5) is 4.39 Å². The highest BCUT2D eigenvalue weighted by Gasteiger charge is 2.49. The minimum Gasteiger partial charge on any atom is -0.327 e. The lowest BCUT2D eigenvalue weighted by atomic mass is 9.80. The molecule has 0 spiro atoms. The van der Waals surface area contributed by atoms with Gasteiger partial charge >= 0.3 is 0 Å². The predicted molar refractivity (Wildman–Crippen MR) is 75.7 cm³/mol. The van der Waals surface area contributed by atoms with Gasteiger partial charge in [-0.2, -0.15) is 0 Å². The summed E-state index contributed by atoms with van der Waals surface area (Å²) >= 11 is 8.99. The maximum atomic E-state index is 14.1. The van der Waals surface area contributed by atoms with Crippen LogP contribution in [0, 0.1) is 23.6 Å². The van der Waals surface area contributed by atoms with Gasteiger partial charge in [0, 0.05) is 16.4 Å². The van der Waals surface area contributed by atoms with Crippen molar-refractivity contribution in [1.82, 2.24) is 0 Å². The minimum atomic E-state index is -0.643. The van der Waals surface area contributed by atoms with E-state index in [2.05, 4.69) is 15.9 Å². The zero-order valence-electron chi connectivity index (χ0n) is 10.2. The first-order chi connectivity index (χ1) is 9.00. The lowest BCUT2D eigenvalue weighted by Crippen LogP contribution is -2.40. The van der Waals surface area contributed by atoms with E-state index in [1.165, 1.54) is 6.07 Å². The third-order valence-electron chi connectivity index (χ3n) is 4.58. The highest BCUT2D eigenvalue weighted by molar-refractivity contribution is 9.10. The normalized spacial score (nSPS) is 32.8. The molecule has 4 unspecified atom stereocenters. The van der Waals surface area contributed by atoms with Crippen LogP contribution in [0.2, 0.25) is 5.02 Å². The molecule has 2 aliphatic carbocycles. The van der Waals surface area contributed by atoms with Crippen LogP contribution in [0.3, 0.4) is 0 Å². The molecule has 0 aliphatic heterocycles. The molecule has 0 saturated heterocycles. The molecule has 2 fully saturated rings. The largest absolute Gasteiger partial charge is 0.327 e. The summed E-state index contributed by atoms with van der Waals surface area (Å²) in [7, 11) is 0. The zero-order chi connectivity index (χ0) is 13.7. The minimum absolute atomic E-state index is 0.0393. The predicted octanol–water partition coefficient (Wildman–Crippen LogP) is 3.80. The van der Waals surface area contributed by atoms with Gasteiger partial charge in [0.1, 0.15) is 0 Å². The molecule has 0 heterocycles. The summed E-state index contributed by atoms with van der Waals surface area (Å²) in [4.78, 5) is 12.5. The summed E-state index contributed by atoms with van der Waals surface area (Å²) in [6.45, 7) is 0. The fourth-order valence-electron chi connectivity index (χ4n) is 3.62. The van der Waals surface area contributed by atoms with E-state index in [-0.39, 0.29) is 28.3 Å². The van der Waals surface area contributed by atoms with Gasteiger partial charge in [0.25, 0.3) is 0 Å². The van der Waals surface area contributed by atoms with Crippen LogP contribution in [-0.4, -0.2) is 11.8 Å². The number of carbonyl (C=O) groups is 1. The average Bonchev–Trinajstić information content (AvgIpc) is 2.96. The summed E-state index contributed by atoms with van der Waals surface area (Å²) in [6.07, 6.45) is 3.13. The van der Waals surface area contributed by atoms with Crippen molar-refractivity contribution in [2.45, 2.75) is 25.3 Å².